The smallest absolute Gasteiger partial charge is 0.253 e. The quantitative estimate of drug-likeness (QED) is 0.144. The molecular formula is C34H46N2O3. The molecule has 0 radical (unpaired) electrons. The molecule has 5 N–H and O–H groups in total. The fraction of sp³-hybridized carbons (Fsp3) is 0.471. The van der Waals surface area contributed by atoms with E-state index in [1.807, 2.05) is 18.2 Å². The molecule has 0 atom stereocenters. The number of hydrogen-bond donors (Lipinski definition) is 3. The highest BCUT2D eigenvalue weighted by atomic mass is 16.3. The zero-order chi connectivity index (χ0) is 28.0. The second kappa shape index (κ2) is 15.9. The molecule has 5 heteroatoms. The summed E-state index contributed by atoms with van der Waals surface area (Å²) in [6.45, 7) is 2.26. The van der Waals surface area contributed by atoms with Crippen molar-refractivity contribution in [3.63, 3.8) is 0 Å². The first kappa shape index (κ1) is 30.2. The van der Waals surface area contributed by atoms with E-state index in [0.717, 1.165) is 24.8 Å². The summed E-state index contributed by atoms with van der Waals surface area (Å²) in [5.74, 6) is -1.71. The van der Waals surface area contributed by atoms with E-state index in [9.17, 15) is 14.7 Å². The van der Waals surface area contributed by atoms with Crippen molar-refractivity contribution >= 4 is 22.6 Å². The molecule has 0 saturated heterocycles. The van der Waals surface area contributed by atoms with E-state index in [1.165, 1.54) is 77.0 Å². The van der Waals surface area contributed by atoms with Crippen LogP contribution in [-0.4, -0.2) is 16.9 Å². The number of aromatic hydroxyl groups is 1. The van der Waals surface area contributed by atoms with Gasteiger partial charge in [0.15, 0.2) is 0 Å². The zero-order valence-corrected chi connectivity index (χ0v) is 23.6. The van der Waals surface area contributed by atoms with E-state index in [2.05, 4.69) is 6.92 Å². The van der Waals surface area contributed by atoms with Crippen LogP contribution in [0.2, 0.25) is 0 Å². The molecule has 3 aromatic carbocycles. The maximum atomic E-state index is 12.6. The van der Waals surface area contributed by atoms with Gasteiger partial charge in [-0.25, -0.2) is 0 Å². The van der Waals surface area contributed by atoms with Crippen LogP contribution < -0.4 is 11.5 Å². The van der Waals surface area contributed by atoms with Gasteiger partial charge >= 0.3 is 0 Å². The van der Waals surface area contributed by atoms with Gasteiger partial charge < -0.3 is 16.6 Å². The van der Waals surface area contributed by atoms with Crippen LogP contribution in [-0.2, 0) is 6.42 Å². The number of amides is 2. The summed E-state index contributed by atoms with van der Waals surface area (Å²) in [7, 11) is 0. The Balaban J connectivity index is 1.58. The van der Waals surface area contributed by atoms with Crippen LogP contribution in [0.1, 0.15) is 123 Å². The van der Waals surface area contributed by atoms with Crippen LogP contribution in [0.5, 0.6) is 5.75 Å². The third-order valence-corrected chi connectivity index (χ3v) is 7.72. The predicted molar refractivity (Wildman–Crippen MR) is 162 cm³/mol. The number of carbonyl (C=O) groups is 2. The highest BCUT2D eigenvalue weighted by molar-refractivity contribution is 6.20. The van der Waals surface area contributed by atoms with Gasteiger partial charge in [0.2, 0.25) is 5.91 Å². The first-order valence-electron chi connectivity index (χ1n) is 14.9. The summed E-state index contributed by atoms with van der Waals surface area (Å²) in [5, 5.41) is 12.0. The number of hydrogen-bond acceptors (Lipinski definition) is 3. The summed E-state index contributed by atoms with van der Waals surface area (Å²) >= 11 is 0. The Bertz CT molecular complexity index is 1220. The number of carbonyl (C=O) groups excluding carboxylic acids is 2. The molecule has 0 fully saturated rings. The Labute approximate surface area is 234 Å². The first-order valence-corrected chi connectivity index (χ1v) is 14.9. The lowest BCUT2D eigenvalue weighted by molar-refractivity contribution is 0.0988. The Morgan fingerprint density at radius 3 is 1.67 bits per heavy atom. The van der Waals surface area contributed by atoms with E-state index >= 15 is 0 Å². The Morgan fingerprint density at radius 2 is 1.15 bits per heavy atom. The van der Waals surface area contributed by atoms with Gasteiger partial charge in [0.1, 0.15) is 5.75 Å². The molecule has 5 nitrogen and oxygen atoms in total. The predicted octanol–water partition coefficient (Wildman–Crippen LogP) is 8.43. The van der Waals surface area contributed by atoms with E-state index < -0.39 is 11.8 Å². The summed E-state index contributed by atoms with van der Waals surface area (Å²) in [4.78, 5) is 25.0. The third-order valence-electron chi connectivity index (χ3n) is 7.72. The molecule has 0 aromatic heterocycles. The van der Waals surface area contributed by atoms with Crippen LogP contribution in [0, 0.1) is 0 Å². The Morgan fingerprint density at radius 1 is 0.641 bits per heavy atom. The number of benzene rings is 3. The van der Waals surface area contributed by atoms with E-state index in [4.69, 9.17) is 11.5 Å². The fourth-order valence-electron chi connectivity index (χ4n) is 5.59. The van der Waals surface area contributed by atoms with Crippen molar-refractivity contribution in [2.45, 2.75) is 103 Å². The summed E-state index contributed by atoms with van der Waals surface area (Å²) in [6.07, 6.45) is 19.3. The molecule has 0 heterocycles. The van der Waals surface area contributed by atoms with Crippen molar-refractivity contribution in [1.29, 1.82) is 0 Å². The standard InChI is InChI=1S/C34H46N2O3/c1-2-3-4-5-6-7-8-9-10-11-12-13-14-16-19-25-22-23-27-28(24-25)30(33(35)38)29(26-20-17-15-18-21-26)32(37)31(27)34(36)39/h15,17-18,20-24,37H,2-14,16,19H2,1H3,(H2,35,38)(H2,36,39). The molecular weight excluding hydrogens is 484 g/mol. The third kappa shape index (κ3) is 8.58. The van der Waals surface area contributed by atoms with Gasteiger partial charge in [-0.3, -0.25) is 9.59 Å². The zero-order valence-electron chi connectivity index (χ0n) is 23.6. The van der Waals surface area contributed by atoms with Gasteiger partial charge in [-0.05, 0) is 34.7 Å². The van der Waals surface area contributed by atoms with Gasteiger partial charge in [-0.1, -0.05) is 139 Å². The van der Waals surface area contributed by atoms with Crippen molar-refractivity contribution < 1.29 is 14.7 Å². The molecule has 2 amide bonds. The molecule has 0 aliphatic rings. The van der Waals surface area contributed by atoms with E-state index in [-0.39, 0.29) is 22.4 Å². The highest BCUT2D eigenvalue weighted by Crippen LogP contribution is 2.41. The molecule has 0 unspecified atom stereocenters. The molecule has 0 spiro atoms. The molecule has 0 bridgehead atoms. The fourth-order valence-corrected chi connectivity index (χ4v) is 5.59. The Hall–Kier alpha value is -3.34. The lowest BCUT2D eigenvalue weighted by Gasteiger charge is -2.17. The van der Waals surface area contributed by atoms with Gasteiger partial charge in [-0.15, -0.1) is 0 Å². The maximum Gasteiger partial charge on any atom is 0.253 e. The molecule has 0 aliphatic heterocycles. The lowest BCUT2D eigenvalue weighted by atomic mass is 9.87. The summed E-state index contributed by atoms with van der Waals surface area (Å²) in [5.41, 5.74) is 13.6. The molecule has 3 rings (SSSR count). The van der Waals surface area contributed by atoms with E-state index in [0.29, 0.717) is 16.3 Å². The van der Waals surface area contributed by atoms with Crippen molar-refractivity contribution in [2.75, 3.05) is 0 Å². The molecule has 3 aromatic rings. The number of rotatable bonds is 18. The molecule has 0 aliphatic carbocycles. The number of primary amides is 2. The second-order valence-corrected chi connectivity index (χ2v) is 10.8. The average molecular weight is 531 g/mol. The topological polar surface area (TPSA) is 106 Å². The van der Waals surface area contributed by atoms with Crippen LogP contribution >= 0.6 is 0 Å². The SMILES string of the molecule is CCCCCCCCCCCCCCCCc1ccc2c(C(N)=O)c(O)c(-c3ccccc3)c(C(N)=O)c2c1. The van der Waals surface area contributed by atoms with Crippen LogP contribution in [0.4, 0.5) is 0 Å². The largest absolute Gasteiger partial charge is 0.506 e. The van der Waals surface area contributed by atoms with Crippen LogP contribution in [0.15, 0.2) is 48.5 Å². The number of unbranched alkanes of at least 4 members (excludes halogenated alkanes) is 13. The second-order valence-electron chi connectivity index (χ2n) is 10.8. The summed E-state index contributed by atoms with van der Waals surface area (Å²) in [6, 6.07) is 14.6. The monoisotopic (exact) mass is 530 g/mol. The minimum Gasteiger partial charge on any atom is -0.506 e. The van der Waals surface area contributed by atoms with Gasteiger partial charge in [0.05, 0.1) is 11.1 Å². The van der Waals surface area contributed by atoms with Crippen LogP contribution in [0.3, 0.4) is 0 Å². The number of phenols is 1. The lowest BCUT2D eigenvalue weighted by Crippen LogP contribution is -2.17. The van der Waals surface area contributed by atoms with Crippen molar-refractivity contribution in [3.05, 3.63) is 65.2 Å². The number of fused-ring (bicyclic) bond motifs is 1. The minimum atomic E-state index is -0.745. The molecule has 39 heavy (non-hydrogen) atoms. The van der Waals surface area contributed by atoms with Crippen LogP contribution in [0.25, 0.3) is 21.9 Å². The van der Waals surface area contributed by atoms with Gasteiger partial charge in [0.25, 0.3) is 5.91 Å². The molecule has 0 saturated carbocycles. The van der Waals surface area contributed by atoms with Crippen molar-refractivity contribution in [2.24, 2.45) is 11.5 Å². The van der Waals surface area contributed by atoms with Gasteiger partial charge in [0, 0.05) is 5.56 Å². The Kier molecular flexibility index (Phi) is 12.3. The number of nitrogens with two attached hydrogens (primary N) is 2. The van der Waals surface area contributed by atoms with Crippen molar-refractivity contribution in [1.82, 2.24) is 0 Å². The van der Waals surface area contributed by atoms with E-state index in [1.54, 1.807) is 30.3 Å². The normalized spacial score (nSPS) is 11.2. The van der Waals surface area contributed by atoms with Gasteiger partial charge in [-0.2, -0.15) is 0 Å². The minimum absolute atomic E-state index is 0.0110. The first-order chi connectivity index (χ1) is 19.0. The maximum absolute atomic E-state index is 12.6. The average Bonchev–Trinajstić information content (AvgIpc) is 2.92. The summed E-state index contributed by atoms with van der Waals surface area (Å²) < 4.78 is 0. The molecule has 210 valence electrons. The number of aryl methyl sites for hydroxylation is 1. The van der Waals surface area contributed by atoms with Crippen molar-refractivity contribution in [3.8, 4) is 16.9 Å². The highest BCUT2D eigenvalue weighted by Gasteiger charge is 2.25.